The maximum absolute atomic E-state index is 14.5. The van der Waals surface area contributed by atoms with Crippen molar-refractivity contribution < 1.29 is 26.3 Å². The van der Waals surface area contributed by atoms with Crippen LogP contribution < -0.4 is 5.32 Å². The van der Waals surface area contributed by atoms with Gasteiger partial charge in [0.1, 0.15) is 34.9 Å². The molecule has 0 radical (unpaired) electrons. The summed E-state index contributed by atoms with van der Waals surface area (Å²) in [5.74, 6) is -4.16. The summed E-state index contributed by atoms with van der Waals surface area (Å²) in [5.41, 5.74) is 1.71. The molecule has 0 aliphatic heterocycles. The fourth-order valence-electron chi connectivity index (χ4n) is 4.24. The summed E-state index contributed by atoms with van der Waals surface area (Å²) >= 11 is 0. The lowest BCUT2D eigenvalue weighted by molar-refractivity contribution is 0.490. The van der Waals surface area contributed by atoms with Gasteiger partial charge in [-0.25, -0.2) is 26.3 Å². The maximum Gasteiger partial charge on any atom is 0.133 e. The minimum atomic E-state index is -0.794. The van der Waals surface area contributed by atoms with E-state index in [1.165, 1.54) is 48.5 Å². The fraction of sp³-hybridized carbons (Fsp3) is 0.143. The van der Waals surface area contributed by atoms with Crippen LogP contribution in [0, 0.1) is 34.9 Å². The second kappa shape index (κ2) is 11.2. The summed E-state index contributed by atoms with van der Waals surface area (Å²) in [7, 11) is 0. The standard InChI is InChI=1S/C28H21F6N.ClH/c1-15(25-11-17(29)3-7-21(25)23-9-5-19(31)13-27(23)33)35-16(2)26-12-18(30)4-8-22(26)24-10-6-20(32)14-28(24)34;/h3-16,35H,1-2H3;1H. The predicted molar refractivity (Wildman–Crippen MR) is 131 cm³/mol. The van der Waals surface area contributed by atoms with Gasteiger partial charge in [0.2, 0.25) is 0 Å². The highest BCUT2D eigenvalue weighted by molar-refractivity contribution is 5.85. The van der Waals surface area contributed by atoms with Crippen molar-refractivity contribution in [2.24, 2.45) is 0 Å². The van der Waals surface area contributed by atoms with Crippen LogP contribution in [0.15, 0.2) is 72.8 Å². The van der Waals surface area contributed by atoms with Crippen molar-refractivity contribution in [3.05, 3.63) is 119 Å². The summed E-state index contributed by atoms with van der Waals surface area (Å²) in [6.07, 6.45) is 0. The molecular weight excluding hydrogens is 500 g/mol. The Hall–Kier alpha value is -3.29. The number of nitrogens with one attached hydrogen (secondary N) is 1. The average molecular weight is 522 g/mol. The number of halogens is 7. The molecule has 4 rings (SSSR count). The Kier molecular flexibility index (Phi) is 8.48. The summed E-state index contributed by atoms with van der Waals surface area (Å²) < 4.78 is 84.2. The van der Waals surface area contributed by atoms with E-state index in [-0.39, 0.29) is 23.5 Å². The van der Waals surface area contributed by atoms with Gasteiger partial charge in [0.05, 0.1) is 0 Å². The van der Waals surface area contributed by atoms with Crippen LogP contribution in [0.3, 0.4) is 0 Å². The first-order chi connectivity index (χ1) is 16.6. The molecule has 36 heavy (non-hydrogen) atoms. The smallest absolute Gasteiger partial charge is 0.133 e. The zero-order chi connectivity index (χ0) is 25.3. The molecule has 4 aromatic carbocycles. The van der Waals surface area contributed by atoms with Gasteiger partial charge in [0, 0.05) is 35.3 Å². The number of hydrogen-bond acceptors (Lipinski definition) is 1. The van der Waals surface area contributed by atoms with E-state index in [2.05, 4.69) is 5.32 Å². The van der Waals surface area contributed by atoms with E-state index in [4.69, 9.17) is 0 Å². The largest absolute Gasteiger partial charge is 0.304 e. The Morgan fingerprint density at radius 2 is 0.778 bits per heavy atom. The van der Waals surface area contributed by atoms with E-state index in [1.807, 2.05) is 0 Å². The van der Waals surface area contributed by atoms with Crippen molar-refractivity contribution in [3.63, 3.8) is 0 Å². The highest BCUT2D eigenvalue weighted by Gasteiger charge is 2.21. The zero-order valence-electron chi connectivity index (χ0n) is 19.3. The van der Waals surface area contributed by atoms with Gasteiger partial charge in [-0.05, 0) is 84.6 Å². The van der Waals surface area contributed by atoms with Crippen LogP contribution in [0.2, 0.25) is 0 Å². The lowest BCUT2D eigenvalue weighted by atomic mass is 9.92. The van der Waals surface area contributed by atoms with Crippen LogP contribution in [-0.2, 0) is 0 Å². The van der Waals surface area contributed by atoms with Gasteiger partial charge in [-0.3, -0.25) is 0 Å². The molecule has 1 nitrogen and oxygen atoms in total. The van der Waals surface area contributed by atoms with E-state index in [0.29, 0.717) is 22.3 Å². The minimum Gasteiger partial charge on any atom is -0.304 e. The SMILES string of the molecule is CC(NC(C)c1cc(F)ccc1-c1ccc(F)cc1F)c1cc(F)ccc1-c1ccc(F)cc1F.Cl. The molecule has 0 spiro atoms. The second-order valence-corrected chi connectivity index (χ2v) is 8.32. The first-order valence-electron chi connectivity index (χ1n) is 10.9. The molecule has 2 atom stereocenters. The van der Waals surface area contributed by atoms with Crippen molar-refractivity contribution in [2.45, 2.75) is 25.9 Å². The third-order valence-corrected chi connectivity index (χ3v) is 5.90. The zero-order valence-corrected chi connectivity index (χ0v) is 20.1. The molecular formula is C28H22ClF6N. The Labute approximate surface area is 211 Å². The summed E-state index contributed by atoms with van der Waals surface area (Å²) in [5, 5.41) is 3.22. The minimum absolute atomic E-state index is 0. The number of hydrogen-bond donors (Lipinski definition) is 1. The van der Waals surface area contributed by atoms with Crippen LogP contribution in [-0.4, -0.2) is 0 Å². The van der Waals surface area contributed by atoms with Crippen LogP contribution in [0.4, 0.5) is 26.3 Å². The summed E-state index contributed by atoms with van der Waals surface area (Å²) in [6, 6.07) is 12.8. The van der Waals surface area contributed by atoms with Gasteiger partial charge in [0.25, 0.3) is 0 Å². The first-order valence-corrected chi connectivity index (χ1v) is 10.9. The second-order valence-electron chi connectivity index (χ2n) is 8.32. The van der Waals surface area contributed by atoms with Crippen LogP contribution in [0.1, 0.15) is 37.1 Å². The van der Waals surface area contributed by atoms with Crippen molar-refractivity contribution in [1.82, 2.24) is 5.32 Å². The van der Waals surface area contributed by atoms with Gasteiger partial charge in [0.15, 0.2) is 0 Å². The Bertz CT molecular complexity index is 1290. The summed E-state index contributed by atoms with van der Waals surface area (Å²) in [4.78, 5) is 0. The molecule has 0 saturated carbocycles. The lowest BCUT2D eigenvalue weighted by Gasteiger charge is -2.25. The fourth-order valence-corrected chi connectivity index (χ4v) is 4.24. The summed E-state index contributed by atoms with van der Waals surface area (Å²) in [6.45, 7) is 3.43. The Morgan fingerprint density at radius 3 is 1.11 bits per heavy atom. The normalized spacial score (nSPS) is 12.7. The lowest BCUT2D eigenvalue weighted by Crippen LogP contribution is -2.24. The van der Waals surface area contributed by atoms with Gasteiger partial charge in [-0.1, -0.05) is 12.1 Å². The van der Waals surface area contributed by atoms with Crippen molar-refractivity contribution in [2.75, 3.05) is 0 Å². The quantitative estimate of drug-likeness (QED) is 0.250. The molecule has 0 bridgehead atoms. The van der Waals surface area contributed by atoms with Gasteiger partial charge >= 0.3 is 0 Å². The molecule has 8 heteroatoms. The topological polar surface area (TPSA) is 12.0 Å². The molecule has 0 heterocycles. The highest BCUT2D eigenvalue weighted by atomic mass is 35.5. The Balaban J connectivity index is 0.00000361. The molecule has 0 saturated heterocycles. The molecule has 0 aliphatic carbocycles. The van der Waals surface area contributed by atoms with Crippen LogP contribution in [0.5, 0.6) is 0 Å². The molecule has 1 N–H and O–H groups in total. The van der Waals surface area contributed by atoms with E-state index >= 15 is 0 Å². The van der Waals surface area contributed by atoms with Crippen LogP contribution in [0.25, 0.3) is 22.3 Å². The van der Waals surface area contributed by atoms with E-state index < -0.39 is 47.0 Å². The number of benzene rings is 4. The molecule has 2 unspecified atom stereocenters. The highest BCUT2D eigenvalue weighted by Crippen LogP contribution is 2.35. The molecule has 0 aromatic heterocycles. The molecule has 0 fully saturated rings. The van der Waals surface area contributed by atoms with E-state index in [1.54, 1.807) is 13.8 Å². The third-order valence-electron chi connectivity index (χ3n) is 5.90. The van der Waals surface area contributed by atoms with Crippen molar-refractivity contribution >= 4 is 12.4 Å². The van der Waals surface area contributed by atoms with Gasteiger partial charge in [-0.2, -0.15) is 0 Å². The molecule has 188 valence electrons. The van der Waals surface area contributed by atoms with Crippen molar-refractivity contribution in [1.29, 1.82) is 0 Å². The van der Waals surface area contributed by atoms with Gasteiger partial charge in [-0.15, -0.1) is 12.4 Å². The van der Waals surface area contributed by atoms with Crippen molar-refractivity contribution in [3.8, 4) is 22.3 Å². The average Bonchev–Trinajstić information content (AvgIpc) is 2.80. The molecule has 4 aromatic rings. The predicted octanol–water partition coefficient (Wildman–Crippen LogP) is 8.69. The maximum atomic E-state index is 14.5. The monoisotopic (exact) mass is 521 g/mol. The van der Waals surface area contributed by atoms with Gasteiger partial charge < -0.3 is 5.32 Å². The van der Waals surface area contributed by atoms with E-state index in [9.17, 15) is 26.3 Å². The Morgan fingerprint density at radius 1 is 0.472 bits per heavy atom. The molecule has 0 amide bonds. The van der Waals surface area contributed by atoms with E-state index in [0.717, 1.165) is 24.3 Å². The third kappa shape index (κ3) is 5.74. The first kappa shape index (κ1) is 27.3. The van der Waals surface area contributed by atoms with Crippen LogP contribution >= 0.6 is 12.4 Å². The molecule has 0 aliphatic rings. The number of rotatable bonds is 6.